The number of likely N-dealkylation sites (tertiary alicyclic amines) is 1. The predicted octanol–water partition coefficient (Wildman–Crippen LogP) is 1.23. The molecule has 2 N–H and O–H groups in total. The standard InChI is InChI=1S/C16H22N4O/c1-18-10-14-7-9-20(11-14)12-16(21)19-15-4-2-13(3-5-15)6-8-17/h2-5,14,18H,6-7,9-12H2,1H3,(H,19,21). The van der Waals surface area contributed by atoms with Crippen molar-refractivity contribution in [3.63, 3.8) is 0 Å². The molecule has 1 heterocycles. The summed E-state index contributed by atoms with van der Waals surface area (Å²) in [7, 11) is 1.96. The molecule has 0 saturated carbocycles. The van der Waals surface area contributed by atoms with Gasteiger partial charge in [-0.15, -0.1) is 0 Å². The number of rotatable bonds is 6. The first-order chi connectivity index (χ1) is 10.2. The maximum Gasteiger partial charge on any atom is 0.238 e. The van der Waals surface area contributed by atoms with E-state index in [2.05, 4.69) is 21.6 Å². The number of anilines is 1. The lowest BCUT2D eigenvalue weighted by Gasteiger charge is -2.15. The van der Waals surface area contributed by atoms with Crippen molar-refractivity contribution in [3.05, 3.63) is 29.8 Å². The van der Waals surface area contributed by atoms with Gasteiger partial charge in [-0.2, -0.15) is 5.26 Å². The quantitative estimate of drug-likeness (QED) is 0.825. The van der Waals surface area contributed by atoms with Gasteiger partial charge in [0.05, 0.1) is 19.0 Å². The lowest BCUT2D eigenvalue weighted by molar-refractivity contribution is -0.117. The van der Waals surface area contributed by atoms with Crippen molar-refractivity contribution in [2.45, 2.75) is 12.8 Å². The van der Waals surface area contributed by atoms with E-state index in [1.807, 2.05) is 31.3 Å². The third kappa shape index (κ3) is 4.85. The molecule has 21 heavy (non-hydrogen) atoms. The monoisotopic (exact) mass is 286 g/mol. The van der Waals surface area contributed by atoms with Crippen LogP contribution < -0.4 is 10.6 Å². The normalized spacial score (nSPS) is 18.4. The van der Waals surface area contributed by atoms with Crippen LogP contribution in [0.1, 0.15) is 12.0 Å². The summed E-state index contributed by atoms with van der Waals surface area (Å²) in [5.74, 6) is 0.668. The Hall–Kier alpha value is -1.90. The second-order valence-corrected chi connectivity index (χ2v) is 5.53. The maximum atomic E-state index is 12.0. The van der Waals surface area contributed by atoms with Crippen LogP contribution in [0.15, 0.2) is 24.3 Å². The minimum Gasteiger partial charge on any atom is -0.325 e. The number of nitriles is 1. The molecule has 1 unspecified atom stereocenters. The molecule has 2 rings (SSSR count). The summed E-state index contributed by atoms with van der Waals surface area (Å²) in [5, 5.41) is 14.7. The highest BCUT2D eigenvalue weighted by Crippen LogP contribution is 2.15. The highest BCUT2D eigenvalue weighted by Gasteiger charge is 2.23. The average Bonchev–Trinajstić information content (AvgIpc) is 2.89. The van der Waals surface area contributed by atoms with Crippen molar-refractivity contribution in [1.29, 1.82) is 5.26 Å². The van der Waals surface area contributed by atoms with E-state index in [0.717, 1.165) is 37.3 Å². The highest BCUT2D eigenvalue weighted by atomic mass is 16.2. The molecule has 1 atom stereocenters. The van der Waals surface area contributed by atoms with E-state index in [1.54, 1.807) is 0 Å². The van der Waals surface area contributed by atoms with Crippen LogP contribution in [0.4, 0.5) is 5.69 Å². The molecule has 1 aliphatic heterocycles. The molecule has 1 amide bonds. The van der Waals surface area contributed by atoms with Crippen molar-refractivity contribution >= 4 is 11.6 Å². The number of carbonyl (C=O) groups is 1. The molecular formula is C16H22N4O. The van der Waals surface area contributed by atoms with Gasteiger partial charge in [0.25, 0.3) is 0 Å². The number of nitrogens with one attached hydrogen (secondary N) is 2. The molecule has 0 bridgehead atoms. The Morgan fingerprint density at radius 1 is 1.43 bits per heavy atom. The fourth-order valence-electron chi connectivity index (χ4n) is 2.71. The zero-order valence-corrected chi connectivity index (χ0v) is 12.4. The Bertz CT molecular complexity index is 506. The first-order valence-electron chi connectivity index (χ1n) is 7.34. The molecule has 0 radical (unpaired) electrons. The van der Waals surface area contributed by atoms with Gasteiger partial charge in [0.2, 0.25) is 5.91 Å². The lowest BCUT2D eigenvalue weighted by atomic mass is 10.1. The first kappa shape index (κ1) is 15.5. The van der Waals surface area contributed by atoms with Gasteiger partial charge in [0.15, 0.2) is 0 Å². The largest absolute Gasteiger partial charge is 0.325 e. The van der Waals surface area contributed by atoms with Crippen molar-refractivity contribution in [1.82, 2.24) is 10.2 Å². The van der Waals surface area contributed by atoms with E-state index in [4.69, 9.17) is 5.26 Å². The Kier molecular flexibility index (Phi) is 5.73. The van der Waals surface area contributed by atoms with Crippen molar-refractivity contribution in [3.8, 4) is 6.07 Å². The Balaban J connectivity index is 1.78. The summed E-state index contributed by atoms with van der Waals surface area (Å²) >= 11 is 0. The van der Waals surface area contributed by atoms with Crippen LogP contribution in [0.3, 0.4) is 0 Å². The van der Waals surface area contributed by atoms with Crippen molar-refractivity contribution in [2.24, 2.45) is 5.92 Å². The van der Waals surface area contributed by atoms with E-state index < -0.39 is 0 Å². The number of hydrogen-bond acceptors (Lipinski definition) is 4. The lowest BCUT2D eigenvalue weighted by Crippen LogP contribution is -2.32. The minimum absolute atomic E-state index is 0.0214. The first-order valence-corrected chi connectivity index (χ1v) is 7.34. The molecule has 1 aromatic rings. The van der Waals surface area contributed by atoms with Crippen molar-refractivity contribution in [2.75, 3.05) is 38.5 Å². The Morgan fingerprint density at radius 3 is 2.86 bits per heavy atom. The Morgan fingerprint density at radius 2 is 2.19 bits per heavy atom. The zero-order chi connectivity index (χ0) is 15.1. The van der Waals surface area contributed by atoms with Gasteiger partial charge in [-0.25, -0.2) is 0 Å². The molecule has 5 heteroatoms. The molecule has 0 aliphatic carbocycles. The third-order valence-corrected chi connectivity index (χ3v) is 3.75. The van der Waals surface area contributed by atoms with Crippen LogP contribution in [-0.4, -0.2) is 44.0 Å². The second kappa shape index (κ2) is 7.77. The van der Waals surface area contributed by atoms with Gasteiger partial charge in [-0.3, -0.25) is 9.69 Å². The smallest absolute Gasteiger partial charge is 0.238 e. The van der Waals surface area contributed by atoms with Gasteiger partial charge in [-0.1, -0.05) is 12.1 Å². The van der Waals surface area contributed by atoms with Crippen LogP contribution in [0.25, 0.3) is 0 Å². The summed E-state index contributed by atoms with van der Waals surface area (Å²) in [6.45, 7) is 3.43. The summed E-state index contributed by atoms with van der Waals surface area (Å²) in [5.41, 5.74) is 1.75. The molecule has 0 spiro atoms. The summed E-state index contributed by atoms with van der Waals surface area (Å²) < 4.78 is 0. The van der Waals surface area contributed by atoms with Gasteiger partial charge in [0, 0.05) is 12.2 Å². The van der Waals surface area contributed by atoms with Crippen LogP contribution in [0.2, 0.25) is 0 Å². The minimum atomic E-state index is 0.0214. The van der Waals surface area contributed by atoms with Gasteiger partial charge in [-0.05, 0) is 50.2 Å². The Labute approximate surface area is 125 Å². The van der Waals surface area contributed by atoms with E-state index >= 15 is 0 Å². The van der Waals surface area contributed by atoms with Crippen LogP contribution in [-0.2, 0) is 11.2 Å². The average molecular weight is 286 g/mol. The molecule has 112 valence electrons. The van der Waals surface area contributed by atoms with E-state index in [-0.39, 0.29) is 5.91 Å². The molecule has 1 aliphatic rings. The molecule has 1 fully saturated rings. The summed E-state index contributed by atoms with van der Waals surface area (Å²) in [6, 6.07) is 9.54. The van der Waals surface area contributed by atoms with Crippen molar-refractivity contribution < 1.29 is 4.79 Å². The maximum absolute atomic E-state index is 12.0. The van der Waals surface area contributed by atoms with E-state index in [1.165, 1.54) is 0 Å². The molecule has 5 nitrogen and oxygen atoms in total. The molecule has 0 aromatic heterocycles. The highest BCUT2D eigenvalue weighted by molar-refractivity contribution is 5.92. The topological polar surface area (TPSA) is 68.2 Å². The molecule has 1 saturated heterocycles. The fraction of sp³-hybridized carbons (Fsp3) is 0.500. The number of nitrogens with zero attached hydrogens (tertiary/aromatic N) is 2. The van der Waals surface area contributed by atoms with Crippen LogP contribution >= 0.6 is 0 Å². The van der Waals surface area contributed by atoms with Gasteiger partial charge < -0.3 is 10.6 Å². The fourth-order valence-corrected chi connectivity index (χ4v) is 2.71. The van der Waals surface area contributed by atoms with Gasteiger partial charge >= 0.3 is 0 Å². The molecule has 1 aromatic carbocycles. The van der Waals surface area contributed by atoms with Crippen LogP contribution in [0.5, 0.6) is 0 Å². The zero-order valence-electron chi connectivity index (χ0n) is 12.4. The van der Waals surface area contributed by atoms with Crippen LogP contribution in [0, 0.1) is 17.2 Å². The second-order valence-electron chi connectivity index (χ2n) is 5.53. The van der Waals surface area contributed by atoms with Gasteiger partial charge in [0.1, 0.15) is 0 Å². The third-order valence-electron chi connectivity index (χ3n) is 3.75. The molecular weight excluding hydrogens is 264 g/mol. The SMILES string of the molecule is CNCC1CCN(CC(=O)Nc2ccc(CC#N)cc2)C1. The number of amides is 1. The number of benzene rings is 1. The van der Waals surface area contributed by atoms with E-state index in [9.17, 15) is 4.79 Å². The summed E-state index contributed by atoms with van der Waals surface area (Å²) in [6.07, 6.45) is 1.55. The number of carbonyl (C=O) groups excluding carboxylic acids is 1. The number of hydrogen-bond donors (Lipinski definition) is 2. The van der Waals surface area contributed by atoms with E-state index in [0.29, 0.717) is 18.9 Å². The predicted molar refractivity (Wildman–Crippen MR) is 82.9 cm³/mol. The summed E-state index contributed by atoms with van der Waals surface area (Å²) in [4.78, 5) is 14.2.